The largest absolute Gasteiger partial charge is 0.481 e. The number of carboxylic acids is 1. The van der Waals surface area contributed by atoms with Gasteiger partial charge < -0.3 is 14.9 Å². The zero-order valence-corrected chi connectivity index (χ0v) is 19.3. The summed E-state index contributed by atoms with van der Waals surface area (Å²) in [4.78, 5) is 31.8. The van der Waals surface area contributed by atoms with Crippen LogP contribution in [-0.2, 0) is 36.5 Å². The molecule has 0 aliphatic carbocycles. The van der Waals surface area contributed by atoms with Crippen molar-refractivity contribution in [2.24, 2.45) is 5.14 Å². The summed E-state index contributed by atoms with van der Waals surface area (Å²) in [6, 6.07) is 6.46. The third kappa shape index (κ3) is 14.1. The number of carbonyl (C=O) groups is 3. The summed E-state index contributed by atoms with van der Waals surface area (Å²) in [6.45, 7) is 6.36. The average molecular weight is 499 g/mol. The van der Waals surface area contributed by atoms with E-state index in [9.17, 15) is 31.2 Å². The first-order chi connectivity index (χ1) is 14.3. The van der Waals surface area contributed by atoms with Crippen molar-refractivity contribution in [3.63, 3.8) is 0 Å². The Hall–Kier alpha value is -2.95. The van der Waals surface area contributed by atoms with Crippen molar-refractivity contribution in [1.82, 2.24) is 14.2 Å². The quantitative estimate of drug-likeness (QED) is 0.298. The van der Waals surface area contributed by atoms with Crippen LogP contribution in [0.1, 0.15) is 44.7 Å². The summed E-state index contributed by atoms with van der Waals surface area (Å²) in [5, 5.41) is 20.8. The van der Waals surface area contributed by atoms with Crippen molar-refractivity contribution in [2.45, 2.75) is 45.8 Å². The predicted molar refractivity (Wildman–Crippen MR) is 112 cm³/mol. The number of ether oxygens (including phenoxy) is 1. The van der Waals surface area contributed by atoms with Crippen LogP contribution in [0.2, 0.25) is 0 Å². The van der Waals surface area contributed by atoms with E-state index < -0.39 is 50.1 Å². The van der Waals surface area contributed by atoms with E-state index in [0.717, 1.165) is 4.72 Å². The molecule has 1 unspecified atom stereocenters. The van der Waals surface area contributed by atoms with Gasteiger partial charge >= 0.3 is 38.6 Å². The van der Waals surface area contributed by atoms with Crippen molar-refractivity contribution in [3.8, 4) is 0 Å². The number of nitrogens with one attached hydrogen (secondary N) is 3. The molecule has 0 aliphatic rings. The van der Waals surface area contributed by atoms with E-state index in [4.69, 9.17) is 14.9 Å². The fourth-order valence-electron chi connectivity index (χ4n) is 1.81. The lowest BCUT2D eigenvalue weighted by Gasteiger charge is -2.19. The molecule has 0 saturated carbocycles. The Balaban J connectivity index is 0.00000102. The lowest BCUT2D eigenvalue weighted by molar-refractivity contribution is -0.138. The maximum absolute atomic E-state index is 11.8. The SMILES string of the molecule is CC(C(=O)O)c1ccc(CNS(=O)(=O)NC(=O)OC(C)(C)C)cc1.NS(=O)(=O)NC(=O)O. The third-order valence-corrected chi connectivity index (χ3v) is 4.58. The molecule has 0 aliphatic heterocycles. The molecule has 14 nitrogen and oxygen atoms in total. The van der Waals surface area contributed by atoms with Crippen LogP contribution in [0.5, 0.6) is 0 Å². The number of benzene rings is 1. The third-order valence-electron chi connectivity index (χ3n) is 3.16. The number of carboxylic acid groups (broad SMARTS) is 2. The van der Waals surface area contributed by atoms with E-state index in [1.165, 1.54) is 0 Å². The van der Waals surface area contributed by atoms with E-state index in [2.05, 4.69) is 9.86 Å². The van der Waals surface area contributed by atoms with E-state index in [0.29, 0.717) is 11.1 Å². The number of hydrogen-bond acceptors (Lipinski definition) is 8. The summed E-state index contributed by atoms with van der Waals surface area (Å²) in [7, 11) is -8.13. The number of hydrogen-bond donors (Lipinski definition) is 6. The minimum atomic E-state index is -4.07. The van der Waals surface area contributed by atoms with Gasteiger partial charge in [0.25, 0.3) is 0 Å². The first-order valence-electron chi connectivity index (χ1n) is 8.67. The van der Waals surface area contributed by atoms with Gasteiger partial charge in [-0.15, -0.1) is 0 Å². The van der Waals surface area contributed by atoms with Crippen LogP contribution >= 0.6 is 0 Å². The number of rotatable bonds is 7. The molecule has 0 radical (unpaired) electrons. The zero-order chi connectivity index (χ0) is 25.3. The molecular weight excluding hydrogens is 472 g/mol. The van der Waals surface area contributed by atoms with Gasteiger partial charge in [0.05, 0.1) is 5.92 Å². The van der Waals surface area contributed by atoms with Gasteiger partial charge in [0.2, 0.25) is 0 Å². The maximum atomic E-state index is 11.8. The number of aliphatic carboxylic acids is 1. The highest BCUT2D eigenvalue weighted by atomic mass is 32.2. The topological polar surface area (TPSA) is 231 Å². The molecule has 1 atom stereocenters. The number of carbonyl (C=O) groups excluding carboxylic acids is 1. The highest BCUT2D eigenvalue weighted by Gasteiger charge is 2.21. The molecule has 0 fully saturated rings. The minimum absolute atomic E-state index is 0.0557. The molecule has 16 heteroatoms. The molecule has 0 bridgehead atoms. The second-order valence-corrected chi connectivity index (χ2v) is 9.98. The molecule has 0 aromatic heterocycles. The van der Waals surface area contributed by atoms with E-state index in [-0.39, 0.29) is 6.54 Å². The van der Waals surface area contributed by atoms with Gasteiger partial charge in [-0.25, -0.2) is 24.2 Å². The summed E-state index contributed by atoms with van der Waals surface area (Å²) in [6.07, 6.45) is -2.76. The summed E-state index contributed by atoms with van der Waals surface area (Å²) in [5.41, 5.74) is 0.419. The monoisotopic (exact) mass is 498 g/mol. The molecule has 7 N–H and O–H groups in total. The second-order valence-electron chi connectivity index (χ2n) is 7.18. The van der Waals surface area contributed by atoms with Gasteiger partial charge in [-0.1, -0.05) is 24.3 Å². The highest BCUT2D eigenvalue weighted by molar-refractivity contribution is 7.88. The Bertz CT molecular complexity index is 1020. The molecule has 0 spiro atoms. The van der Waals surface area contributed by atoms with Gasteiger partial charge in [-0.3, -0.25) is 4.79 Å². The van der Waals surface area contributed by atoms with Crippen LogP contribution in [-0.4, -0.2) is 50.8 Å². The minimum Gasteiger partial charge on any atom is -0.481 e. The smallest absolute Gasteiger partial charge is 0.422 e. The van der Waals surface area contributed by atoms with Crippen molar-refractivity contribution in [2.75, 3.05) is 0 Å². The highest BCUT2D eigenvalue weighted by Crippen LogP contribution is 2.16. The normalized spacial score (nSPS) is 12.5. The van der Waals surface area contributed by atoms with Gasteiger partial charge in [0.1, 0.15) is 5.60 Å². The Morgan fingerprint density at radius 1 is 1.03 bits per heavy atom. The lowest BCUT2D eigenvalue weighted by Crippen LogP contribution is -2.42. The van der Waals surface area contributed by atoms with Crippen LogP contribution in [0.3, 0.4) is 0 Å². The molecule has 1 aromatic carbocycles. The zero-order valence-electron chi connectivity index (χ0n) is 17.6. The predicted octanol–water partition coefficient (Wildman–Crippen LogP) is 0.191. The van der Waals surface area contributed by atoms with Gasteiger partial charge in [-0.05, 0) is 38.8 Å². The van der Waals surface area contributed by atoms with E-state index >= 15 is 0 Å². The van der Waals surface area contributed by atoms with Crippen molar-refractivity contribution in [1.29, 1.82) is 0 Å². The Kier molecular flexibility index (Phi) is 10.5. The molecule has 32 heavy (non-hydrogen) atoms. The van der Waals surface area contributed by atoms with Crippen molar-refractivity contribution in [3.05, 3.63) is 35.4 Å². The first-order valence-corrected chi connectivity index (χ1v) is 11.7. The number of amides is 2. The molecule has 2 amide bonds. The van der Waals surface area contributed by atoms with E-state index in [1.54, 1.807) is 56.7 Å². The molecule has 182 valence electrons. The van der Waals surface area contributed by atoms with Gasteiger partial charge in [0.15, 0.2) is 0 Å². The van der Waals surface area contributed by atoms with Crippen LogP contribution < -0.4 is 19.3 Å². The standard InChI is InChI=1S/C15H22N2O6S.CH4N2O4S/c1-10(13(18)19)12-7-5-11(6-8-12)9-16-24(21,22)17-14(20)23-15(2,3)4;2-8(6,7)3-1(4)5/h5-8,10,16H,9H2,1-4H3,(H,17,20)(H,18,19);3H,(H,4,5)(H2,2,6,7). The first kappa shape index (κ1) is 29.1. The molecule has 0 heterocycles. The fourth-order valence-corrected chi connectivity index (χ4v) is 2.74. The molecule has 1 aromatic rings. The molecular formula is C16H26N4O10S2. The fraction of sp³-hybridized carbons (Fsp3) is 0.438. The Labute approximate surface area is 185 Å². The van der Waals surface area contributed by atoms with Gasteiger partial charge in [-0.2, -0.15) is 21.6 Å². The second kappa shape index (κ2) is 11.6. The van der Waals surface area contributed by atoms with E-state index in [1.807, 2.05) is 0 Å². The molecule has 0 saturated heterocycles. The maximum Gasteiger partial charge on any atom is 0.422 e. The van der Waals surface area contributed by atoms with Crippen molar-refractivity contribution >= 4 is 38.6 Å². The van der Waals surface area contributed by atoms with Gasteiger partial charge in [0, 0.05) is 6.54 Å². The van der Waals surface area contributed by atoms with Crippen LogP contribution in [0.25, 0.3) is 0 Å². The lowest BCUT2D eigenvalue weighted by atomic mass is 10.0. The van der Waals surface area contributed by atoms with Crippen LogP contribution in [0.15, 0.2) is 24.3 Å². The Morgan fingerprint density at radius 3 is 1.88 bits per heavy atom. The van der Waals surface area contributed by atoms with Crippen LogP contribution in [0, 0.1) is 0 Å². The average Bonchev–Trinajstić information content (AvgIpc) is 2.56. The molecule has 1 rings (SSSR count). The van der Waals surface area contributed by atoms with Crippen molar-refractivity contribution < 1.29 is 46.2 Å². The Morgan fingerprint density at radius 2 is 1.53 bits per heavy atom. The summed E-state index contributed by atoms with van der Waals surface area (Å²) < 4.78 is 52.9. The summed E-state index contributed by atoms with van der Waals surface area (Å²) in [5.74, 6) is -1.59. The summed E-state index contributed by atoms with van der Waals surface area (Å²) >= 11 is 0. The number of nitrogens with two attached hydrogens (primary N) is 1. The van der Waals surface area contributed by atoms with Crippen LogP contribution in [0.4, 0.5) is 9.59 Å².